The number of aromatic nitrogens is 2. The molecule has 0 saturated carbocycles. The molecule has 4 rings (SSSR count). The summed E-state index contributed by atoms with van der Waals surface area (Å²) in [6, 6.07) is 14.4. The van der Waals surface area contributed by atoms with Crippen molar-refractivity contribution in [3.05, 3.63) is 59.9 Å². The van der Waals surface area contributed by atoms with Crippen LogP contribution in [0.25, 0.3) is 11.0 Å². The molecule has 1 aromatic heterocycles. The van der Waals surface area contributed by atoms with Gasteiger partial charge in [0, 0.05) is 19.5 Å². The van der Waals surface area contributed by atoms with E-state index >= 15 is 0 Å². The van der Waals surface area contributed by atoms with Crippen LogP contribution in [0.1, 0.15) is 30.3 Å². The number of aromatic amines is 1. The zero-order valence-corrected chi connectivity index (χ0v) is 20.8. The molecule has 0 aliphatic carbocycles. The number of nitrogens with one attached hydrogen (secondary N) is 2. The van der Waals surface area contributed by atoms with Gasteiger partial charge < -0.3 is 15.0 Å². The minimum atomic E-state index is -3.52. The summed E-state index contributed by atoms with van der Waals surface area (Å²) in [6.45, 7) is 1.57. The summed E-state index contributed by atoms with van der Waals surface area (Å²) in [5, 5.41) is 3.12. The van der Waals surface area contributed by atoms with Crippen LogP contribution in [-0.2, 0) is 26.0 Å². The Labute approximate surface area is 204 Å². The minimum Gasteiger partial charge on any atom is -0.379 e. The number of amides is 1. The molecule has 182 valence electrons. The normalized spacial score (nSPS) is 15.9. The molecule has 1 atom stereocenters. The average Bonchev–Trinajstić information content (AvgIpc) is 3.30. The lowest BCUT2D eigenvalue weighted by Crippen LogP contribution is -2.40. The summed E-state index contributed by atoms with van der Waals surface area (Å²) in [4.78, 5) is 21.0. The third kappa shape index (κ3) is 5.99. The number of para-hydroxylation sites is 2. The number of carbonyl (C=O) groups is 1. The first-order chi connectivity index (χ1) is 16.5. The van der Waals surface area contributed by atoms with Gasteiger partial charge in [-0.15, -0.1) is 0 Å². The van der Waals surface area contributed by atoms with Gasteiger partial charge in [-0.05, 0) is 54.7 Å². The van der Waals surface area contributed by atoms with Crippen molar-refractivity contribution in [2.75, 3.05) is 38.3 Å². The van der Waals surface area contributed by atoms with Gasteiger partial charge in [0.1, 0.15) is 5.82 Å². The van der Waals surface area contributed by atoms with Crippen LogP contribution in [0, 0.1) is 0 Å². The zero-order valence-electron chi connectivity index (χ0n) is 19.2. The maximum Gasteiger partial charge on any atom is 0.243 e. The number of thioether (sulfide) groups is 1. The van der Waals surface area contributed by atoms with E-state index in [-0.39, 0.29) is 16.8 Å². The third-order valence-corrected chi connectivity index (χ3v) is 8.41. The number of sulfonamides is 1. The van der Waals surface area contributed by atoms with Gasteiger partial charge in [-0.3, -0.25) is 4.79 Å². The molecule has 1 fully saturated rings. The zero-order chi connectivity index (χ0) is 24.0. The highest BCUT2D eigenvalue weighted by atomic mass is 32.2. The summed E-state index contributed by atoms with van der Waals surface area (Å²) < 4.78 is 32.2. The topological polar surface area (TPSA) is 104 Å². The molecule has 1 aliphatic rings. The second-order valence-corrected chi connectivity index (χ2v) is 11.1. The Morgan fingerprint density at radius 3 is 2.62 bits per heavy atom. The third-order valence-electron chi connectivity index (χ3n) is 5.86. The molecule has 2 aromatic carbocycles. The van der Waals surface area contributed by atoms with Gasteiger partial charge in [0.25, 0.3) is 0 Å². The van der Waals surface area contributed by atoms with Crippen molar-refractivity contribution in [3.8, 4) is 0 Å². The van der Waals surface area contributed by atoms with Gasteiger partial charge in [-0.2, -0.15) is 16.1 Å². The van der Waals surface area contributed by atoms with Crippen LogP contribution < -0.4 is 5.32 Å². The second kappa shape index (κ2) is 11.4. The van der Waals surface area contributed by atoms with E-state index in [1.165, 1.54) is 4.31 Å². The fourth-order valence-electron chi connectivity index (χ4n) is 3.94. The standard InChI is InChI=1S/C24H30N4O4S2/c1-33-17-12-22(24-26-20-4-2-3-5-21(20)27-24)25-23(29)11-8-18-6-9-19(10-7-18)34(30,31)28-13-15-32-16-14-28/h2-7,9-10,22H,8,11-17H2,1H3,(H,25,29)(H,26,27). The number of carbonyl (C=O) groups excluding carboxylic acids is 1. The number of H-pyrrole nitrogens is 1. The Kier molecular flexibility index (Phi) is 8.25. The molecule has 1 amide bonds. The van der Waals surface area contributed by atoms with E-state index in [0.29, 0.717) is 39.1 Å². The summed E-state index contributed by atoms with van der Waals surface area (Å²) in [6.07, 6.45) is 3.66. The molecule has 1 saturated heterocycles. The molecule has 1 aliphatic heterocycles. The Morgan fingerprint density at radius 2 is 1.91 bits per heavy atom. The van der Waals surface area contributed by atoms with E-state index in [1.807, 2.05) is 30.5 Å². The molecule has 2 N–H and O–H groups in total. The Bertz CT molecular complexity index is 1170. The van der Waals surface area contributed by atoms with E-state index in [1.54, 1.807) is 36.0 Å². The van der Waals surface area contributed by atoms with Crippen molar-refractivity contribution in [1.82, 2.24) is 19.6 Å². The maximum atomic E-state index is 12.8. The number of benzene rings is 2. The van der Waals surface area contributed by atoms with Crippen molar-refractivity contribution in [2.45, 2.75) is 30.2 Å². The monoisotopic (exact) mass is 502 g/mol. The van der Waals surface area contributed by atoms with Gasteiger partial charge in [-0.1, -0.05) is 24.3 Å². The van der Waals surface area contributed by atoms with E-state index in [4.69, 9.17) is 4.74 Å². The summed E-state index contributed by atoms with van der Waals surface area (Å²) in [5.74, 6) is 1.61. The Balaban J connectivity index is 1.36. The van der Waals surface area contributed by atoms with Crippen molar-refractivity contribution in [2.24, 2.45) is 0 Å². The van der Waals surface area contributed by atoms with E-state index in [9.17, 15) is 13.2 Å². The number of hydrogen-bond acceptors (Lipinski definition) is 6. The summed E-state index contributed by atoms with van der Waals surface area (Å²) >= 11 is 1.73. The van der Waals surface area contributed by atoms with Crippen LogP contribution in [-0.4, -0.2) is 66.9 Å². The van der Waals surface area contributed by atoms with Crippen LogP contribution in [0.4, 0.5) is 0 Å². The molecule has 34 heavy (non-hydrogen) atoms. The molecule has 8 nitrogen and oxygen atoms in total. The van der Waals surface area contributed by atoms with Gasteiger partial charge in [-0.25, -0.2) is 13.4 Å². The molecule has 0 bridgehead atoms. The average molecular weight is 503 g/mol. The number of hydrogen-bond donors (Lipinski definition) is 2. The highest BCUT2D eigenvalue weighted by Gasteiger charge is 2.26. The highest BCUT2D eigenvalue weighted by Crippen LogP contribution is 2.21. The van der Waals surface area contributed by atoms with Crippen molar-refractivity contribution < 1.29 is 17.9 Å². The number of imidazole rings is 1. The minimum absolute atomic E-state index is 0.0587. The molecule has 10 heteroatoms. The number of fused-ring (bicyclic) bond motifs is 1. The molecule has 0 spiro atoms. The van der Waals surface area contributed by atoms with Crippen LogP contribution in [0.3, 0.4) is 0 Å². The van der Waals surface area contributed by atoms with Crippen LogP contribution >= 0.6 is 11.8 Å². The molecule has 1 unspecified atom stereocenters. The number of aryl methyl sites for hydroxylation is 1. The second-order valence-electron chi connectivity index (χ2n) is 8.20. The molecule has 0 radical (unpaired) electrons. The molecule has 2 heterocycles. The lowest BCUT2D eigenvalue weighted by Gasteiger charge is -2.26. The van der Waals surface area contributed by atoms with E-state index < -0.39 is 10.0 Å². The van der Waals surface area contributed by atoms with Gasteiger partial charge in [0.05, 0.1) is 35.2 Å². The SMILES string of the molecule is CSCCC(NC(=O)CCc1ccc(S(=O)(=O)N2CCOCC2)cc1)c1nc2ccccc2[nH]1. The van der Waals surface area contributed by atoms with Crippen LogP contribution in [0.5, 0.6) is 0 Å². The Hall–Kier alpha value is -2.40. The van der Waals surface area contributed by atoms with Crippen molar-refractivity contribution >= 4 is 38.7 Å². The first-order valence-corrected chi connectivity index (χ1v) is 14.2. The first kappa shape index (κ1) is 24.7. The maximum absolute atomic E-state index is 12.8. The van der Waals surface area contributed by atoms with E-state index in [0.717, 1.165) is 34.6 Å². The van der Waals surface area contributed by atoms with E-state index in [2.05, 4.69) is 15.3 Å². The number of nitrogens with zero attached hydrogens (tertiary/aromatic N) is 2. The smallest absolute Gasteiger partial charge is 0.243 e. The number of morpholine rings is 1. The van der Waals surface area contributed by atoms with Crippen LogP contribution in [0.15, 0.2) is 53.4 Å². The lowest BCUT2D eigenvalue weighted by molar-refractivity contribution is -0.121. The van der Waals surface area contributed by atoms with Gasteiger partial charge in [0.15, 0.2) is 0 Å². The lowest BCUT2D eigenvalue weighted by atomic mass is 10.1. The first-order valence-electron chi connectivity index (χ1n) is 11.4. The Morgan fingerprint density at radius 1 is 1.18 bits per heavy atom. The summed E-state index contributed by atoms with van der Waals surface area (Å²) in [7, 11) is -3.52. The summed E-state index contributed by atoms with van der Waals surface area (Å²) in [5.41, 5.74) is 2.75. The van der Waals surface area contributed by atoms with Crippen LogP contribution in [0.2, 0.25) is 0 Å². The molecular formula is C24H30N4O4S2. The van der Waals surface area contributed by atoms with Crippen molar-refractivity contribution in [1.29, 1.82) is 0 Å². The number of ether oxygens (including phenoxy) is 1. The largest absolute Gasteiger partial charge is 0.379 e. The van der Waals surface area contributed by atoms with Gasteiger partial charge >= 0.3 is 0 Å². The predicted molar refractivity (Wildman–Crippen MR) is 134 cm³/mol. The fraction of sp³-hybridized carbons (Fsp3) is 0.417. The fourth-order valence-corrected chi connectivity index (χ4v) is 5.82. The highest BCUT2D eigenvalue weighted by molar-refractivity contribution is 7.98. The van der Waals surface area contributed by atoms with Gasteiger partial charge in [0.2, 0.25) is 15.9 Å². The van der Waals surface area contributed by atoms with Crippen molar-refractivity contribution in [3.63, 3.8) is 0 Å². The molecule has 3 aromatic rings. The number of rotatable bonds is 10. The predicted octanol–water partition coefficient (Wildman–Crippen LogP) is 3.13. The quantitative estimate of drug-likeness (QED) is 0.441. The molecular weight excluding hydrogens is 472 g/mol.